The van der Waals surface area contributed by atoms with Gasteiger partial charge in [-0.05, 0) is 70.9 Å². The summed E-state index contributed by atoms with van der Waals surface area (Å²) < 4.78 is 3.01. The molecule has 1 amide bonds. The molecule has 3 heterocycles. The van der Waals surface area contributed by atoms with Crippen LogP contribution < -0.4 is 10.6 Å². The van der Waals surface area contributed by atoms with Crippen molar-refractivity contribution in [1.82, 2.24) is 20.2 Å². The molecule has 1 saturated heterocycles. The van der Waals surface area contributed by atoms with E-state index in [4.69, 9.17) is 0 Å². The van der Waals surface area contributed by atoms with Crippen LogP contribution >= 0.6 is 11.3 Å². The quantitative estimate of drug-likeness (QED) is 0.716. The molecule has 27 heavy (non-hydrogen) atoms. The van der Waals surface area contributed by atoms with Gasteiger partial charge in [0.1, 0.15) is 0 Å². The second kappa shape index (κ2) is 6.46. The highest BCUT2D eigenvalue weighted by Gasteiger charge is 2.38. The highest BCUT2D eigenvalue weighted by molar-refractivity contribution is 7.20. The normalized spacial score (nSPS) is 19.3. The Balaban J connectivity index is 1.54. The molecule has 5 nitrogen and oxygen atoms in total. The van der Waals surface area contributed by atoms with Crippen molar-refractivity contribution >= 4 is 27.5 Å². The van der Waals surface area contributed by atoms with Gasteiger partial charge in [-0.15, -0.1) is 0 Å². The lowest BCUT2D eigenvalue weighted by Crippen LogP contribution is -2.62. The van der Waals surface area contributed by atoms with Crippen LogP contribution in [0.2, 0.25) is 0 Å². The Hall–Kier alpha value is -2.18. The van der Waals surface area contributed by atoms with Crippen molar-refractivity contribution in [3.63, 3.8) is 0 Å². The smallest absolute Gasteiger partial charge is 0.251 e. The van der Waals surface area contributed by atoms with Crippen molar-refractivity contribution in [3.8, 4) is 5.13 Å². The molecule has 142 valence electrons. The van der Waals surface area contributed by atoms with E-state index in [2.05, 4.69) is 43.3 Å². The van der Waals surface area contributed by atoms with Gasteiger partial charge in [0, 0.05) is 35.1 Å². The van der Waals surface area contributed by atoms with E-state index in [0.717, 1.165) is 28.2 Å². The molecule has 0 atom stereocenters. The van der Waals surface area contributed by atoms with E-state index in [-0.39, 0.29) is 23.0 Å². The fourth-order valence-corrected chi connectivity index (χ4v) is 5.29. The minimum Gasteiger partial charge on any atom is -0.349 e. The van der Waals surface area contributed by atoms with Gasteiger partial charge in [-0.1, -0.05) is 11.3 Å². The topological polar surface area (TPSA) is 59.0 Å². The number of carbonyl (C=O) groups excluding carboxylic acids is 1. The van der Waals surface area contributed by atoms with E-state index >= 15 is 0 Å². The monoisotopic (exact) mass is 382 g/mol. The first-order valence-corrected chi connectivity index (χ1v) is 10.2. The van der Waals surface area contributed by atoms with Crippen LogP contribution in [0.15, 0.2) is 42.7 Å². The number of rotatable bonds is 3. The van der Waals surface area contributed by atoms with Crippen LogP contribution in [0, 0.1) is 0 Å². The van der Waals surface area contributed by atoms with E-state index in [1.165, 1.54) is 0 Å². The van der Waals surface area contributed by atoms with Crippen LogP contribution in [0.5, 0.6) is 0 Å². The Labute approximate surface area is 163 Å². The fourth-order valence-electron chi connectivity index (χ4n) is 4.32. The predicted molar refractivity (Wildman–Crippen MR) is 111 cm³/mol. The largest absolute Gasteiger partial charge is 0.349 e. The number of aromatic nitrogens is 2. The zero-order valence-corrected chi connectivity index (χ0v) is 17.1. The van der Waals surface area contributed by atoms with Gasteiger partial charge in [0.05, 0.1) is 10.2 Å². The highest BCUT2D eigenvalue weighted by atomic mass is 32.1. The third-order valence-electron chi connectivity index (χ3n) is 4.99. The molecular weight excluding hydrogens is 356 g/mol. The number of fused-ring (bicyclic) bond motifs is 1. The molecule has 0 spiro atoms. The van der Waals surface area contributed by atoms with E-state index in [1.54, 1.807) is 11.3 Å². The second-order valence-corrected chi connectivity index (χ2v) is 9.75. The number of carbonyl (C=O) groups is 1. The molecule has 0 unspecified atom stereocenters. The molecule has 1 aliphatic rings. The first kappa shape index (κ1) is 18.2. The summed E-state index contributed by atoms with van der Waals surface area (Å²) in [5.41, 5.74) is 1.63. The van der Waals surface area contributed by atoms with Crippen molar-refractivity contribution in [2.24, 2.45) is 0 Å². The molecule has 1 fully saturated rings. The molecule has 1 aromatic carbocycles. The molecule has 0 aliphatic carbocycles. The summed E-state index contributed by atoms with van der Waals surface area (Å²) in [4.78, 5) is 17.5. The number of amides is 1. The molecule has 0 saturated carbocycles. The molecule has 0 bridgehead atoms. The molecule has 2 aromatic heterocycles. The lowest BCUT2D eigenvalue weighted by atomic mass is 9.79. The van der Waals surface area contributed by atoms with Gasteiger partial charge in [-0.25, -0.2) is 4.98 Å². The maximum atomic E-state index is 12.9. The Bertz CT molecular complexity index is 955. The number of hydrogen-bond acceptors (Lipinski definition) is 4. The SMILES string of the molecule is CC1(C)CC(NC(=O)c2ccc3nc(-n4cccc4)sc3c2)CC(C)(C)N1. The van der Waals surface area contributed by atoms with Crippen LogP contribution in [0.4, 0.5) is 0 Å². The van der Waals surface area contributed by atoms with Gasteiger partial charge in [0.2, 0.25) is 0 Å². The van der Waals surface area contributed by atoms with Gasteiger partial charge < -0.3 is 15.2 Å². The lowest BCUT2D eigenvalue weighted by Gasteiger charge is -2.46. The van der Waals surface area contributed by atoms with Crippen molar-refractivity contribution in [2.45, 2.75) is 57.7 Å². The van der Waals surface area contributed by atoms with Crippen molar-refractivity contribution in [1.29, 1.82) is 0 Å². The van der Waals surface area contributed by atoms with Crippen LogP contribution in [-0.2, 0) is 0 Å². The van der Waals surface area contributed by atoms with Gasteiger partial charge in [0.25, 0.3) is 5.91 Å². The summed E-state index contributed by atoms with van der Waals surface area (Å²) >= 11 is 1.59. The second-order valence-electron chi connectivity index (χ2n) is 8.74. The first-order chi connectivity index (χ1) is 12.7. The number of benzene rings is 1. The standard InChI is InChI=1S/C21H26N4OS/c1-20(2)12-15(13-21(3,4)24-20)22-18(26)14-7-8-16-17(11-14)27-19(23-16)25-9-5-6-10-25/h5-11,15,24H,12-13H2,1-4H3,(H,22,26). The summed E-state index contributed by atoms with van der Waals surface area (Å²) in [6, 6.07) is 9.88. The molecule has 1 aliphatic heterocycles. The average Bonchev–Trinajstić information content (AvgIpc) is 3.20. The minimum absolute atomic E-state index is 0.00693. The van der Waals surface area contributed by atoms with E-state index in [0.29, 0.717) is 5.56 Å². The molecular formula is C21H26N4OS. The van der Waals surface area contributed by atoms with Crippen LogP contribution in [0.3, 0.4) is 0 Å². The maximum Gasteiger partial charge on any atom is 0.251 e. The number of hydrogen-bond donors (Lipinski definition) is 2. The van der Waals surface area contributed by atoms with Crippen LogP contribution in [-0.4, -0.2) is 32.6 Å². The third-order valence-corrected chi connectivity index (χ3v) is 6.02. The zero-order chi connectivity index (χ0) is 19.2. The van der Waals surface area contributed by atoms with Crippen LogP contribution in [0.1, 0.15) is 50.9 Å². The molecule has 6 heteroatoms. The zero-order valence-electron chi connectivity index (χ0n) is 16.2. The van der Waals surface area contributed by atoms with E-state index < -0.39 is 0 Å². The fraction of sp³-hybridized carbons (Fsp3) is 0.429. The van der Waals surface area contributed by atoms with Crippen molar-refractivity contribution in [2.75, 3.05) is 0 Å². The number of nitrogens with zero attached hydrogens (tertiary/aromatic N) is 2. The summed E-state index contributed by atoms with van der Waals surface area (Å²) in [6.45, 7) is 8.77. The highest BCUT2D eigenvalue weighted by Crippen LogP contribution is 2.29. The molecule has 3 aromatic rings. The van der Waals surface area contributed by atoms with Crippen molar-refractivity contribution < 1.29 is 4.79 Å². The Kier molecular flexibility index (Phi) is 4.35. The summed E-state index contributed by atoms with van der Waals surface area (Å²) in [6.07, 6.45) is 5.80. The number of thiazole rings is 1. The predicted octanol–water partition coefficient (Wildman–Crippen LogP) is 4.13. The maximum absolute atomic E-state index is 12.9. The average molecular weight is 383 g/mol. The molecule has 4 rings (SSSR count). The summed E-state index contributed by atoms with van der Waals surface area (Å²) in [7, 11) is 0. The number of piperidine rings is 1. The minimum atomic E-state index is -0.00804. The third kappa shape index (κ3) is 3.92. The van der Waals surface area contributed by atoms with Crippen molar-refractivity contribution in [3.05, 3.63) is 48.3 Å². The Morgan fingerprint density at radius 3 is 2.52 bits per heavy atom. The van der Waals surface area contributed by atoms with Gasteiger partial charge in [-0.3, -0.25) is 4.79 Å². The van der Waals surface area contributed by atoms with Gasteiger partial charge in [-0.2, -0.15) is 0 Å². The Morgan fingerprint density at radius 2 is 1.85 bits per heavy atom. The van der Waals surface area contributed by atoms with E-state index in [1.807, 2.05) is 47.3 Å². The summed E-state index contributed by atoms with van der Waals surface area (Å²) in [5.74, 6) is -0.00804. The Morgan fingerprint density at radius 1 is 1.19 bits per heavy atom. The summed E-state index contributed by atoms with van der Waals surface area (Å²) in [5, 5.41) is 7.81. The van der Waals surface area contributed by atoms with Gasteiger partial charge in [0.15, 0.2) is 5.13 Å². The van der Waals surface area contributed by atoms with E-state index in [9.17, 15) is 4.79 Å². The first-order valence-electron chi connectivity index (χ1n) is 9.35. The molecule has 2 N–H and O–H groups in total. The van der Waals surface area contributed by atoms with Gasteiger partial charge >= 0.3 is 0 Å². The molecule has 0 radical (unpaired) electrons. The lowest BCUT2D eigenvalue weighted by molar-refractivity contribution is 0.0873. The van der Waals surface area contributed by atoms with Crippen LogP contribution in [0.25, 0.3) is 15.3 Å². The number of nitrogens with one attached hydrogen (secondary N) is 2.